The van der Waals surface area contributed by atoms with Crippen LogP contribution in [0.2, 0.25) is 0 Å². The molecule has 0 saturated heterocycles. The maximum atomic E-state index is 8.12. The average molecular weight is 144 g/mol. The second kappa shape index (κ2) is 4.07. The molecule has 3 nitrogen and oxygen atoms in total. The summed E-state index contributed by atoms with van der Waals surface area (Å²) in [7, 11) is 0. The number of aromatic nitrogens is 1. The third kappa shape index (κ3) is 2.50. The van der Waals surface area contributed by atoms with Crippen LogP contribution in [0.3, 0.4) is 0 Å². The number of hydrogen-bond acceptors (Lipinski definition) is 3. The molecule has 1 N–H and O–H groups in total. The van der Waals surface area contributed by atoms with Gasteiger partial charge in [0.15, 0.2) is 0 Å². The van der Waals surface area contributed by atoms with E-state index in [2.05, 4.69) is 16.5 Å². The zero-order valence-corrected chi connectivity index (χ0v) is 5.78. The molecule has 0 aliphatic heterocycles. The first kappa shape index (κ1) is 7.29. The van der Waals surface area contributed by atoms with Crippen molar-refractivity contribution in [3.05, 3.63) is 36.8 Å². The van der Waals surface area contributed by atoms with Crippen molar-refractivity contribution in [2.45, 2.75) is 0 Å². The van der Waals surface area contributed by atoms with Crippen LogP contribution in [-0.4, -0.2) is 4.98 Å². The van der Waals surface area contributed by atoms with E-state index < -0.39 is 0 Å². The SMILES string of the molecule is N#C/C=[C]/Nc1cccnc1. The van der Waals surface area contributed by atoms with E-state index in [1.54, 1.807) is 18.5 Å². The number of hydrogen-bond donors (Lipinski definition) is 1. The highest BCUT2D eigenvalue weighted by Gasteiger charge is 1.83. The molecular formula is C8H6N3. The lowest BCUT2D eigenvalue weighted by Crippen LogP contribution is -1.87. The van der Waals surface area contributed by atoms with E-state index in [4.69, 9.17) is 5.26 Å². The van der Waals surface area contributed by atoms with Gasteiger partial charge in [-0.25, -0.2) is 0 Å². The standard InChI is InChI=1S/C8H6N3/c9-4-2-6-11-8-3-1-5-10-7-8/h1-3,5,7,11H. The van der Waals surface area contributed by atoms with Crippen LogP contribution in [-0.2, 0) is 0 Å². The number of nitriles is 1. The van der Waals surface area contributed by atoms with Gasteiger partial charge in [0.2, 0.25) is 0 Å². The van der Waals surface area contributed by atoms with Gasteiger partial charge < -0.3 is 5.32 Å². The van der Waals surface area contributed by atoms with Gasteiger partial charge in [-0.3, -0.25) is 4.98 Å². The van der Waals surface area contributed by atoms with E-state index in [1.165, 1.54) is 6.08 Å². The summed E-state index contributed by atoms with van der Waals surface area (Å²) in [4.78, 5) is 3.86. The molecular weight excluding hydrogens is 138 g/mol. The molecule has 0 bridgehead atoms. The fraction of sp³-hybridized carbons (Fsp3) is 0. The molecule has 1 radical (unpaired) electrons. The van der Waals surface area contributed by atoms with Crippen molar-refractivity contribution in [3.8, 4) is 6.07 Å². The van der Waals surface area contributed by atoms with Gasteiger partial charge in [-0.1, -0.05) is 0 Å². The quantitative estimate of drug-likeness (QED) is 0.503. The third-order valence-electron chi connectivity index (χ3n) is 1.01. The number of anilines is 1. The molecule has 0 atom stereocenters. The highest BCUT2D eigenvalue weighted by Crippen LogP contribution is 2.00. The summed E-state index contributed by atoms with van der Waals surface area (Å²) >= 11 is 0. The van der Waals surface area contributed by atoms with E-state index in [-0.39, 0.29) is 0 Å². The summed E-state index contributed by atoms with van der Waals surface area (Å²) in [5.41, 5.74) is 0.819. The molecule has 0 fully saturated rings. The summed E-state index contributed by atoms with van der Waals surface area (Å²) in [5.74, 6) is 0. The van der Waals surface area contributed by atoms with E-state index in [9.17, 15) is 0 Å². The van der Waals surface area contributed by atoms with Gasteiger partial charge in [0, 0.05) is 12.3 Å². The van der Waals surface area contributed by atoms with Crippen molar-refractivity contribution in [1.82, 2.24) is 4.98 Å². The predicted octanol–water partition coefficient (Wildman–Crippen LogP) is 1.33. The van der Waals surface area contributed by atoms with Gasteiger partial charge in [0.1, 0.15) is 0 Å². The minimum atomic E-state index is 0.819. The lowest BCUT2D eigenvalue weighted by Gasteiger charge is -1.94. The Morgan fingerprint density at radius 1 is 1.64 bits per heavy atom. The van der Waals surface area contributed by atoms with Gasteiger partial charge in [-0.15, -0.1) is 0 Å². The first-order valence-electron chi connectivity index (χ1n) is 3.06. The number of rotatable bonds is 2. The monoisotopic (exact) mass is 144 g/mol. The third-order valence-corrected chi connectivity index (χ3v) is 1.01. The summed E-state index contributed by atoms with van der Waals surface area (Å²) in [6.07, 6.45) is 7.15. The molecule has 1 aromatic rings. The second-order valence-electron chi connectivity index (χ2n) is 1.78. The highest BCUT2D eigenvalue weighted by molar-refractivity contribution is 5.41. The van der Waals surface area contributed by atoms with Crippen LogP contribution in [0.15, 0.2) is 30.6 Å². The van der Waals surface area contributed by atoms with Crippen molar-refractivity contribution in [2.75, 3.05) is 5.32 Å². The summed E-state index contributed by atoms with van der Waals surface area (Å²) in [6, 6.07) is 5.46. The molecule has 0 saturated carbocycles. The predicted molar refractivity (Wildman–Crippen MR) is 41.3 cm³/mol. The van der Waals surface area contributed by atoms with E-state index in [0.29, 0.717) is 0 Å². The summed E-state index contributed by atoms with van der Waals surface area (Å²) < 4.78 is 0. The smallest absolute Gasteiger partial charge is 0.0934 e. The maximum Gasteiger partial charge on any atom is 0.0934 e. The number of pyridine rings is 1. The topological polar surface area (TPSA) is 48.7 Å². The number of nitrogens with zero attached hydrogens (tertiary/aromatic N) is 2. The van der Waals surface area contributed by atoms with Crippen LogP contribution in [0.25, 0.3) is 0 Å². The maximum absolute atomic E-state index is 8.12. The Labute approximate surface area is 65.0 Å². The highest BCUT2D eigenvalue weighted by atomic mass is 14.9. The first-order chi connectivity index (χ1) is 5.43. The van der Waals surface area contributed by atoms with Crippen molar-refractivity contribution < 1.29 is 0 Å². The Balaban J connectivity index is 2.53. The lowest BCUT2D eigenvalue weighted by molar-refractivity contribution is 1.32. The molecule has 0 amide bonds. The van der Waals surface area contributed by atoms with E-state index in [1.807, 2.05) is 12.1 Å². The Bertz CT molecular complexity index is 271. The van der Waals surface area contributed by atoms with Crippen LogP contribution in [0.4, 0.5) is 5.69 Å². The largest absolute Gasteiger partial charge is 0.352 e. The number of allylic oxidation sites excluding steroid dienone is 1. The van der Waals surface area contributed by atoms with E-state index >= 15 is 0 Å². The molecule has 11 heavy (non-hydrogen) atoms. The summed E-state index contributed by atoms with van der Waals surface area (Å²) in [6.45, 7) is 0. The fourth-order valence-electron chi connectivity index (χ4n) is 0.588. The first-order valence-corrected chi connectivity index (χ1v) is 3.06. The Morgan fingerprint density at radius 2 is 2.55 bits per heavy atom. The van der Waals surface area contributed by atoms with Crippen LogP contribution in [0.5, 0.6) is 0 Å². The van der Waals surface area contributed by atoms with Crippen molar-refractivity contribution >= 4 is 5.69 Å². The van der Waals surface area contributed by atoms with Gasteiger partial charge >= 0.3 is 0 Å². The minimum absolute atomic E-state index is 0.819. The van der Waals surface area contributed by atoms with Crippen molar-refractivity contribution in [3.63, 3.8) is 0 Å². The fourth-order valence-corrected chi connectivity index (χ4v) is 0.588. The Hall–Kier alpha value is -1.82. The van der Waals surface area contributed by atoms with Gasteiger partial charge in [-0.2, -0.15) is 5.26 Å². The molecule has 3 heteroatoms. The lowest BCUT2D eigenvalue weighted by atomic mass is 10.4. The molecule has 0 aromatic carbocycles. The Kier molecular flexibility index (Phi) is 2.70. The molecule has 1 aromatic heterocycles. The zero-order chi connectivity index (χ0) is 7.94. The minimum Gasteiger partial charge on any atom is -0.352 e. The van der Waals surface area contributed by atoms with Crippen molar-refractivity contribution in [1.29, 1.82) is 5.26 Å². The summed E-state index contributed by atoms with van der Waals surface area (Å²) in [5, 5.41) is 10.9. The molecule has 0 aliphatic rings. The van der Waals surface area contributed by atoms with Gasteiger partial charge in [0.05, 0.1) is 24.2 Å². The van der Waals surface area contributed by atoms with Crippen LogP contribution < -0.4 is 5.32 Å². The van der Waals surface area contributed by atoms with Crippen LogP contribution in [0.1, 0.15) is 0 Å². The molecule has 0 spiro atoms. The molecule has 0 aliphatic carbocycles. The molecule has 1 heterocycles. The zero-order valence-electron chi connectivity index (χ0n) is 5.78. The van der Waals surface area contributed by atoms with E-state index in [0.717, 1.165) is 5.69 Å². The van der Waals surface area contributed by atoms with Crippen LogP contribution >= 0.6 is 0 Å². The Morgan fingerprint density at radius 3 is 3.18 bits per heavy atom. The van der Waals surface area contributed by atoms with Gasteiger partial charge in [-0.05, 0) is 12.1 Å². The number of nitrogens with one attached hydrogen (secondary N) is 1. The van der Waals surface area contributed by atoms with Gasteiger partial charge in [0.25, 0.3) is 0 Å². The normalized spacial score (nSPS) is 9.36. The molecule has 53 valence electrons. The molecule has 0 unspecified atom stereocenters. The molecule has 1 rings (SSSR count). The van der Waals surface area contributed by atoms with Crippen molar-refractivity contribution in [2.24, 2.45) is 0 Å². The average Bonchev–Trinajstić information content (AvgIpc) is 2.07. The second-order valence-corrected chi connectivity index (χ2v) is 1.78. The van der Waals surface area contributed by atoms with Crippen LogP contribution in [0, 0.1) is 17.5 Å².